The van der Waals surface area contributed by atoms with Gasteiger partial charge in [0.1, 0.15) is 5.75 Å². The van der Waals surface area contributed by atoms with E-state index in [0.717, 1.165) is 49.3 Å². The van der Waals surface area contributed by atoms with Crippen LogP contribution < -0.4 is 10.5 Å². The molecule has 1 atom stereocenters. The second-order valence-corrected chi connectivity index (χ2v) is 6.20. The van der Waals surface area contributed by atoms with Crippen molar-refractivity contribution in [1.29, 1.82) is 0 Å². The van der Waals surface area contributed by atoms with Crippen LogP contribution in [-0.4, -0.2) is 30.6 Å². The zero-order chi connectivity index (χ0) is 12.5. The molecule has 0 bridgehead atoms. The monoisotopic (exact) mass is 346 g/mol. The molecule has 2 N–H and O–H groups in total. The number of nitrogens with two attached hydrogens (primary N) is 1. The summed E-state index contributed by atoms with van der Waals surface area (Å²) < 4.78 is 6.93. The third kappa shape index (κ3) is 3.43. The predicted octanol–water partition coefficient (Wildman–Crippen LogP) is 2.73. The van der Waals surface area contributed by atoms with Gasteiger partial charge in [0.2, 0.25) is 0 Å². The fourth-order valence-electron chi connectivity index (χ4n) is 2.94. The number of hydrogen-bond donors (Lipinski definition) is 1. The fourth-order valence-corrected chi connectivity index (χ4v) is 3.49. The van der Waals surface area contributed by atoms with E-state index in [2.05, 4.69) is 33.0 Å². The molecule has 1 fully saturated rings. The average molecular weight is 348 g/mol. The predicted molar refractivity (Wildman–Crippen MR) is 83.1 cm³/mol. The molecule has 0 radical (unpaired) electrons. The highest BCUT2D eigenvalue weighted by Gasteiger charge is 2.21. The van der Waals surface area contributed by atoms with E-state index in [9.17, 15) is 0 Å². The Morgan fingerprint density at radius 1 is 1.42 bits per heavy atom. The summed E-state index contributed by atoms with van der Waals surface area (Å²) in [6, 6.07) is 4.69. The summed E-state index contributed by atoms with van der Waals surface area (Å²) in [5, 5.41) is 0. The molecule has 1 aromatic carbocycles. The lowest BCUT2D eigenvalue weighted by Gasteiger charge is -2.31. The van der Waals surface area contributed by atoms with Crippen molar-refractivity contribution >= 4 is 28.3 Å². The Morgan fingerprint density at radius 3 is 3.05 bits per heavy atom. The largest absolute Gasteiger partial charge is 0.493 e. The Hall–Kier alpha value is -0.290. The fraction of sp³-hybridized carbons (Fsp3) is 0.571. The van der Waals surface area contributed by atoms with Crippen LogP contribution in [-0.2, 0) is 13.0 Å². The first-order valence-corrected chi connectivity index (χ1v) is 7.44. The lowest BCUT2D eigenvalue weighted by molar-refractivity contribution is 0.199. The first-order chi connectivity index (χ1) is 8.72. The van der Waals surface area contributed by atoms with Gasteiger partial charge in [0.05, 0.1) is 6.61 Å². The maximum atomic E-state index is 6.04. The average Bonchev–Trinajstić information content (AvgIpc) is 2.77. The van der Waals surface area contributed by atoms with Crippen LogP contribution in [0.3, 0.4) is 0 Å². The molecule has 3 rings (SSSR count). The van der Waals surface area contributed by atoms with Gasteiger partial charge in [0.25, 0.3) is 0 Å². The maximum absolute atomic E-state index is 6.04. The number of fused-ring (bicyclic) bond motifs is 1. The number of halogens is 2. The Morgan fingerprint density at radius 2 is 2.26 bits per heavy atom. The van der Waals surface area contributed by atoms with Gasteiger partial charge in [-0.3, -0.25) is 4.90 Å². The first-order valence-electron chi connectivity index (χ1n) is 6.64. The molecule has 2 aliphatic rings. The van der Waals surface area contributed by atoms with E-state index in [4.69, 9.17) is 10.5 Å². The number of rotatable bonds is 2. The molecule has 2 heterocycles. The third-order valence-corrected chi connectivity index (χ3v) is 4.22. The van der Waals surface area contributed by atoms with E-state index in [1.54, 1.807) is 0 Å². The van der Waals surface area contributed by atoms with Crippen LogP contribution in [0.5, 0.6) is 5.75 Å². The minimum absolute atomic E-state index is 0. The summed E-state index contributed by atoms with van der Waals surface area (Å²) in [5.41, 5.74) is 8.67. The smallest absolute Gasteiger partial charge is 0.127 e. The molecular weight excluding hydrogens is 328 g/mol. The van der Waals surface area contributed by atoms with Crippen LogP contribution >= 0.6 is 28.3 Å². The molecule has 2 aliphatic heterocycles. The van der Waals surface area contributed by atoms with Crippen LogP contribution in [0.15, 0.2) is 16.6 Å². The number of benzene rings is 1. The number of piperidine rings is 1. The van der Waals surface area contributed by atoms with Gasteiger partial charge in [-0.15, -0.1) is 12.4 Å². The Labute approximate surface area is 129 Å². The lowest BCUT2D eigenvalue weighted by Crippen LogP contribution is -2.42. The second kappa shape index (κ2) is 6.44. The van der Waals surface area contributed by atoms with E-state index in [1.807, 2.05) is 0 Å². The standard InChI is InChI=1S/C14H19BrN2O.ClH/c15-12-6-10-3-5-18-14(10)11(7-12)8-17-4-1-2-13(16)9-17;/h6-7,13H,1-5,8-9,16H2;1H/t13-;/m1./s1. The van der Waals surface area contributed by atoms with Gasteiger partial charge >= 0.3 is 0 Å². The number of hydrogen-bond acceptors (Lipinski definition) is 3. The van der Waals surface area contributed by atoms with E-state index in [1.165, 1.54) is 17.5 Å². The van der Waals surface area contributed by atoms with Gasteiger partial charge in [-0.1, -0.05) is 15.9 Å². The zero-order valence-corrected chi connectivity index (χ0v) is 13.3. The van der Waals surface area contributed by atoms with E-state index < -0.39 is 0 Å². The molecule has 0 aromatic heterocycles. The van der Waals surface area contributed by atoms with Gasteiger partial charge in [0.15, 0.2) is 0 Å². The topological polar surface area (TPSA) is 38.5 Å². The minimum Gasteiger partial charge on any atom is -0.493 e. The highest BCUT2D eigenvalue weighted by atomic mass is 79.9. The van der Waals surface area contributed by atoms with Crippen LogP contribution in [0.4, 0.5) is 0 Å². The van der Waals surface area contributed by atoms with E-state index >= 15 is 0 Å². The zero-order valence-electron chi connectivity index (χ0n) is 10.9. The van der Waals surface area contributed by atoms with Gasteiger partial charge in [-0.05, 0) is 37.1 Å². The molecule has 5 heteroatoms. The summed E-state index contributed by atoms with van der Waals surface area (Å²) in [4.78, 5) is 2.44. The lowest BCUT2D eigenvalue weighted by atomic mass is 10.0. The summed E-state index contributed by atoms with van der Waals surface area (Å²) >= 11 is 3.59. The van der Waals surface area contributed by atoms with Crippen molar-refractivity contribution in [2.24, 2.45) is 5.73 Å². The minimum atomic E-state index is 0. The van der Waals surface area contributed by atoms with Crippen molar-refractivity contribution in [1.82, 2.24) is 4.90 Å². The Balaban J connectivity index is 0.00000133. The molecule has 1 saturated heterocycles. The molecular formula is C14H20BrClN2O. The summed E-state index contributed by atoms with van der Waals surface area (Å²) in [7, 11) is 0. The van der Waals surface area contributed by atoms with Crippen molar-refractivity contribution in [3.63, 3.8) is 0 Å². The summed E-state index contributed by atoms with van der Waals surface area (Å²) in [6.07, 6.45) is 3.39. The molecule has 0 amide bonds. The summed E-state index contributed by atoms with van der Waals surface area (Å²) in [5.74, 6) is 1.11. The molecule has 106 valence electrons. The first kappa shape index (κ1) is 15.1. The molecule has 0 aliphatic carbocycles. The van der Waals surface area contributed by atoms with Crippen LogP contribution in [0.25, 0.3) is 0 Å². The number of ether oxygens (including phenoxy) is 1. The van der Waals surface area contributed by atoms with Crippen LogP contribution in [0.2, 0.25) is 0 Å². The molecule has 3 nitrogen and oxygen atoms in total. The van der Waals surface area contributed by atoms with Crippen molar-refractivity contribution in [2.45, 2.75) is 31.8 Å². The molecule has 0 saturated carbocycles. The summed E-state index contributed by atoms with van der Waals surface area (Å²) in [6.45, 7) is 3.92. The quantitative estimate of drug-likeness (QED) is 0.894. The van der Waals surface area contributed by atoms with E-state index in [-0.39, 0.29) is 12.4 Å². The number of likely N-dealkylation sites (tertiary alicyclic amines) is 1. The van der Waals surface area contributed by atoms with Crippen molar-refractivity contribution in [3.8, 4) is 5.75 Å². The van der Waals surface area contributed by atoms with Crippen molar-refractivity contribution < 1.29 is 4.74 Å². The van der Waals surface area contributed by atoms with Crippen molar-refractivity contribution in [2.75, 3.05) is 19.7 Å². The van der Waals surface area contributed by atoms with Crippen LogP contribution in [0.1, 0.15) is 24.0 Å². The highest BCUT2D eigenvalue weighted by molar-refractivity contribution is 9.10. The van der Waals surface area contributed by atoms with Gasteiger partial charge in [-0.25, -0.2) is 0 Å². The maximum Gasteiger partial charge on any atom is 0.127 e. The van der Waals surface area contributed by atoms with Crippen LogP contribution in [0, 0.1) is 0 Å². The second-order valence-electron chi connectivity index (χ2n) is 5.29. The highest BCUT2D eigenvalue weighted by Crippen LogP contribution is 2.34. The molecule has 0 spiro atoms. The molecule has 19 heavy (non-hydrogen) atoms. The van der Waals surface area contributed by atoms with Gasteiger partial charge in [0, 0.05) is 35.6 Å². The SMILES string of the molecule is Cl.N[C@@H]1CCCN(Cc2cc(Br)cc3c2OCC3)C1. The Bertz CT molecular complexity index is 455. The molecule has 0 unspecified atom stereocenters. The van der Waals surface area contributed by atoms with Gasteiger partial charge < -0.3 is 10.5 Å². The van der Waals surface area contributed by atoms with Crippen molar-refractivity contribution in [3.05, 3.63) is 27.7 Å². The molecule has 1 aromatic rings. The normalized spacial score (nSPS) is 22.5. The van der Waals surface area contributed by atoms with Gasteiger partial charge in [-0.2, -0.15) is 0 Å². The Kier molecular flexibility index (Phi) is 5.12. The van der Waals surface area contributed by atoms with E-state index in [0.29, 0.717) is 6.04 Å². The number of nitrogens with zero attached hydrogens (tertiary/aromatic N) is 1. The third-order valence-electron chi connectivity index (χ3n) is 3.76.